The zero-order valence-corrected chi connectivity index (χ0v) is 10.3. The Bertz CT molecular complexity index is 234. The monoisotopic (exact) mass is 225 g/mol. The van der Waals surface area contributed by atoms with E-state index in [2.05, 4.69) is 11.8 Å². The topological polar surface area (TPSA) is 29.5 Å². The lowest BCUT2D eigenvalue weighted by Gasteiger charge is -2.43. The van der Waals surface area contributed by atoms with Crippen LogP contribution in [0.1, 0.15) is 45.4 Å². The molecular formula is C13H23NO2. The Morgan fingerprint density at radius 2 is 2.06 bits per heavy atom. The molecule has 16 heavy (non-hydrogen) atoms. The van der Waals surface area contributed by atoms with Crippen molar-refractivity contribution in [2.45, 2.75) is 51.6 Å². The molecule has 0 amide bonds. The minimum absolute atomic E-state index is 0.0206. The molecule has 0 spiro atoms. The number of esters is 1. The summed E-state index contributed by atoms with van der Waals surface area (Å²) in [5, 5.41) is 0. The lowest BCUT2D eigenvalue weighted by molar-refractivity contribution is -0.158. The van der Waals surface area contributed by atoms with Crippen LogP contribution in [-0.2, 0) is 9.53 Å². The van der Waals surface area contributed by atoms with Crippen LogP contribution >= 0.6 is 0 Å². The van der Waals surface area contributed by atoms with Crippen LogP contribution in [0, 0.1) is 5.92 Å². The lowest BCUT2D eigenvalue weighted by Crippen LogP contribution is -2.51. The van der Waals surface area contributed by atoms with Gasteiger partial charge in [-0.05, 0) is 38.3 Å². The maximum absolute atomic E-state index is 11.6. The van der Waals surface area contributed by atoms with Gasteiger partial charge in [0.2, 0.25) is 0 Å². The van der Waals surface area contributed by atoms with Gasteiger partial charge in [-0.15, -0.1) is 0 Å². The molecule has 0 radical (unpaired) electrons. The van der Waals surface area contributed by atoms with Crippen molar-refractivity contribution in [3.05, 3.63) is 0 Å². The molecule has 0 unspecified atom stereocenters. The highest BCUT2D eigenvalue weighted by atomic mass is 16.5. The third kappa shape index (κ3) is 2.97. The Kier molecular flexibility index (Phi) is 4.22. The van der Waals surface area contributed by atoms with Gasteiger partial charge in [0.15, 0.2) is 0 Å². The normalized spacial score (nSPS) is 32.7. The molecule has 0 aromatic rings. The predicted molar refractivity (Wildman–Crippen MR) is 63.2 cm³/mol. The van der Waals surface area contributed by atoms with Crippen LogP contribution in [0.25, 0.3) is 0 Å². The molecule has 0 aromatic carbocycles. The van der Waals surface area contributed by atoms with Gasteiger partial charge in [0, 0.05) is 13.0 Å². The fourth-order valence-corrected chi connectivity index (χ4v) is 2.79. The molecule has 3 heterocycles. The number of nitrogens with zero attached hydrogens (tertiary/aromatic N) is 1. The molecule has 3 aliphatic rings. The summed E-state index contributed by atoms with van der Waals surface area (Å²) in [4.78, 5) is 14.0. The molecule has 0 aromatic heterocycles. The standard InChI is InChI=1S/C13H23NO2/c1-2-3-4-5-13(15)16-12-10-14-8-6-11(12)7-9-14/h11-12H,2-10H2,1H3/t12-/m0/s1. The third-order valence-corrected chi connectivity index (χ3v) is 3.86. The van der Waals surface area contributed by atoms with E-state index in [1.54, 1.807) is 0 Å². The molecule has 3 nitrogen and oxygen atoms in total. The predicted octanol–water partition coefficient (Wildman–Crippen LogP) is 2.20. The van der Waals surface area contributed by atoms with Gasteiger partial charge < -0.3 is 4.74 Å². The second-order valence-corrected chi connectivity index (χ2v) is 5.12. The fourth-order valence-electron chi connectivity index (χ4n) is 2.79. The smallest absolute Gasteiger partial charge is 0.306 e. The first kappa shape index (κ1) is 11.9. The van der Waals surface area contributed by atoms with Crippen molar-refractivity contribution in [3.8, 4) is 0 Å². The van der Waals surface area contributed by atoms with Gasteiger partial charge in [-0.1, -0.05) is 19.8 Å². The minimum Gasteiger partial charge on any atom is -0.461 e. The van der Waals surface area contributed by atoms with Crippen molar-refractivity contribution in [2.24, 2.45) is 5.92 Å². The second kappa shape index (κ2) is 5.67. The van der Waals surface area contributed by atoms with Crippen LogP contribution < -0.4 is 0 Å². The average molecular weight is 225 g/mol. The van der Waals surface area contributed by atoms with Crippen molar-refractivity contribution >= 4 is 5.97 Å². The third-order valence-electron chi connectivity index (χ3n) is 3.86. The van der Waals surface area contributed by atoms with Crippen molar-refractivity contribution in [1.82, 2.24) is 4.90 Å². The van der Waals surface area contributed by atoms with E-state index in [-0.39, 0.29) is 12.1 Å². The van der Waals surface area contributed by atoms with E-state index in [4.69, 9.17) is 4.74 Å². The molecule has 1 atom stereocenters. The van der Waals surface area contributed by atoms with Crippen LogP contribution in [0.3, 0.4) is 0 Å². The summed E-state index contributed by atoms with van der Waals surface area (Å²) in [5.74, 6) is 0.660. The Morgan fingerprint density at radius 1 is 1.31 bits per heavy atom. The van der Waals surface area contributed by atoms with E-state index >= 15 is 0 Å². The van der Waals surface area contributed by atoms with Crippen LogP contribution in [0.15, 0.2) is 0 Å². The summed E-state index contributed by atoms with van der Waals surface area (Å²) in [6.07, 6.45) is 6.51. The fraction of sp³-hybridized carbons (Fsp3) is 0.923. The molecule has 3 heteroatoms. The van der Waals surface area contributed by atoms with E-state index in [0.29, 0.717) is 12.3 Å². The van der Waals surface area contributed by atoms with E-state index in [1.165, 1.54) is 25.9 Å². The first-order chi connectivity index (χ1) is 7.79. The summed E-state index contributed by atoms with van der Waals surface area (Å²) < 4.78 is 5.59. The Morgan fingerprint density at radius 3 is 2.62 bits per heavy atom. The quantitative estimate of drug-likeness (QED) is 0.530. The molecular weight excluding hydrogens is 202 g/mol. The van der Waals surface area contributed by atoms with Crippen molar-refractivity contribution in [1.29, 1.82) is 0 Å². The number of fused-ring (bicyclic) bond motifs is 3. The minimum atomic E-state index is 0.0206. The van der Waals surface area contributed by atoms with Crippen LogP contribution in [0.4, 0.5) is 0 Å². The van der Waals surface area contributed by atoms with Gasteiger partial charge in [-0.2, -0.15) is 0 Å². The van der Waals surface area contributed by atoms with Crippen molar-refractivity contribution in [3.63, 3.8) is 0 Å². The molecule has 92 valence electrons. The first-order valence-corrected chi connectivity index (χ1v) is 6.71. The van der Waals surface area contributed by atoms with Gasteiger partial charge in [0.25, 0.3) is 0 Å². The van der Waals surface area contributed by atoms with Crippen LogP contribution in [0.5, 0.6) is 0 Å². The number of piperidine rings is 3. The molecule has 0 N–H and O–H groups in total. The average Bonchev–Trinajstić information content (AvgIpc) is 2.31. The largest absolute Gasteiger partial charge is 0.461 e. The highest BCUT2D eigenvalue weighted by Gasteiger charge is 2.36. The number of hydrogen-bond donors (Lipinski definition) is 0. The number of hydrogen-bond acceptors (Lipinski definition) is 3. The van der Waals surface area contributed by atoms with E-state index in [0.717, 1.165) is 25.8 Å². The first-order valence-electron chi connectivity index (χ1n) is 6.71. The summed E-state index contributed by atoms with van der Waals surface area (Å²) in [7, 11) is 0. The Hall–Kier alpha value is -0.570. The number of unbranched alkanes of at least 4 members (excludes halogenated alkanes) is 2. The highest BCUT2D eigenvalue weighted by molar-refractivity contribution is 5.69. The van der Waals surface area contributed by atoms with E-state index in [9.17, 15) is 4.79 Å². The lowest BCUT2D eigenvalue weighted by atomic mass is 9.86. The zero-order chi connectivity index (χ0) is 11.4. The van der Waals surface area contributed by atoms with Crippen LogP contribution in [0.2, 0.25) is 0 Å². The summed E-state index contributed by atoms with van der Waals surface area (Å²) in [6.45, 7) is 5.53. The van der Waals surface area contributed by atoms with Gasteiger partial charge in [-0.25, -0.2) is 0 Å². The van der Waals surface area contributed by atoms with Crippen molar-refractivity contribution in [2.75, 3.05) is 19.6 Å². The number of carbonyl (C=O) groups is 1. The molecule has 3 rings (SSSR count). The molecule has 3 saturated heterocycles. The van der Waals surface area contributed by atoms with Gasteiger partial charge in [0.05, 0.1) is 0 Å². The van der Waals surface area contributed by atoms with Crippen molar-refractivity contribution < 1.29 is 9.53 Å². The summed E-state index contributed by atoms with van der Waals surface area (Å²) >= 11 is 0. The van der Waals surface area contributed by atoms with E-state index < -0.39 is 0 Å². The second-order valence-electron chi connectivity index (χ2n) is 5.12. The molecule has 2 bridgehead atoms. The van der Waals surface area contributed by atoms with E-state index in [1.807, 2.05) is 0 Å². The summed E-state index contributed by atoms with van der Waals surface area (Å²) in [6, 6.07) is 0. The SMILES string of the molecule is CCCCCC(=O)O[C@H]1CN2CCC1CC2. The maximum atomic E-state index is 11.6. The Balaban J connectivity index is 1.70. The number of carbonyl (C=O) groups excluding carboxylic acids is 1. The molecule has 3 aliphatic heterocycles. The molecule has 3 fully saturated rings. The van der Waals surface area contributed by atoms with Crippen LogP contribution in [-0.4, -0.2) is 36.6 Å². The zero-order valence-electron chi connectivity index (χ0n) is 10.3. The maximum Gasteiger partial charge on any atom is 0.306 e. The van der Waals surface area contributed by atoms with Gasteiger partial charge in [0.1, 0.15) is 6.10 Å². The molecule has 0 saturated carbocycles. The van der Waals surface area contributed by atoms with Gasteiger partial charge >= 0.3 is 5.97 Å². The number of rotatable bonds is 5. The highest BCUT2D eigenvalue weighted by Crippen LogP contribution is 2.29. The van der Waals surface area contributed by atoms with Gasteiger partial charge in [-0.3, -0.25) is 9.69 Å². The molecule has 0 aliphatic carbocycles. The Labute approximate surface area is 98.1 Å². The summed E-state index contributed by atoms with van der Waals surface area (Å²) in [5.41, 5.74) is 0. The number of ether oxygens (including phenoxy) is 1.